The molecule has 1 aromatic heterocycles. The first-order valence-electron chi connectivity index (χ1n) is 12.3. The molecule has 2 aliphatic carbocycles. The summed E-state index contributed by atoms with van der Waals surface area (Å²) >= 11 is 1.27. The Morgan fingerprint density at radius 1 is 1.30 bits per heavy atom. The quantitative estimate of drug-likeness (QED) is 0.452. The van der Waals surface area contributed by atoms with Crippen LogP contribution in [0.2, 0.25) is 0 Å². The van der Waals surface area contributed by atoms with Gasteiger partial charge in [0, 0.05) is 31.1 Å². The van der Waals surface area contributed by atoms with Crippen molar-refractivity contribution in [3.05, 3.63) is 53.2 Å². The van der Waals surface area contributed by atoms with Gasteiger partial charge in [-0.05, 0) is 50.8 Å². The zero-order chi connectivity index (χ0) is 26.4. The SMILES string of the molecule is COC[C@H](C)Oc1cnc(C(=O)Cc2ccc(F)c([C@@]3(C)N=C(N)S[C@@]4(C(=O)NC5CC5)C[C@H]43)c2)cn1. The Bertz CT molecular complexity index is 1250. The van der Waals surface area contributed by atoms with Crippen LogP contribution in [-0.2, 0) is 21.5 Å². The van der Waals surface area contributed by atoms with E-state index in [4.69, 9.17) is 15.2 Å². The fourth-order valence-electron chi connectivity index (χ4n) is 4.95. The lowest BCUT2D eigenvalue weighted by Gasteiger charge is -2.34. The van der Waals surface area contributed by atoms with Crippen molar-refractivity contribution in [2.24, 2.45) is 16.6 Å². The second-order valence-electron chi connectivity index (χ2n) is 10.1. The third kappa shape index (κ3) is 5.06. The summed E-state index contributed by atoms with van der Waals surface area (Å²) in [6, 6.07) is 4.78. The second kappa shape index (κ2) is 9.68. The van der Waals surface area contributed by atoms with Crippen LogP contribution in [0.4, 0.5) is 4.39 Å². The van der Waals surface area contributed by atoms with Crippen LogP contribution in [0.25, 0.3) is 0 Å². The first kappa shape index (κ1) is 25.6. The number of amides is 1. The molecule has 1 aliphatic heterocycles. The largest absolute Gasteiger partial charge is 0.471 e. The number of nitrogens with zero attached hydrogens (tertiary/aromatic N) is 3. The van der Waals surface area contributed by atoms with E-state index >= 15 is 4.39 Å². The number of rotatable bonds is 10. The Morgan fingerprint density at radius 2 is 2.08 bits per heavy atom. The van der Waals surface area contributed by atoms with E-state index in [1.807, 2.05) is 13.8 Å². The monoisotopic (exact) mass is 527 g/mol. The molecule has 9 nitrogen and oxygen atoms in total. The number of carbonyl (C=O) groups is 2. The third-order valence-electron chi connectivity index (χ3n) is 7.09. The van der Waals surface area contributed by atoms with Crippen LogP contribution in [0.5, 0.6) is 5.88 Å². The fraction of sp³-hybridized carbons (Fsp3) is 0.500. The van der Waals surface area contributed by atoms with E-state index in [9.17, 15) is 9.59 Å². The molecule has 11 heteroatoms. The van der Waals surface area contributed by atoms with Gasteiger partial charge in [0.1, 0.15) is 22.4 Å². The van der Waals surface area contributed by atoms with E-state index in [-0.39, 0.29) is 47.0 Å². The summed E-state index contributed by atoms with van der Waals surface area (Å²) in [5.41, 5.74) is 6.26. The predicted molar refractivity (Wildman–Crippen MR) is 137 cm³/mol. The summed E-state index contributed by atoms with van der Waals surface area (Å²) in [6.45, 7) is 4.05. The molecule has 5 rings (SSSR count). The second-order valence-corrected chi connectivity index (χ2v) is 11.5. The highest BCUT2D eigenvalue weighted by Gasteiger charge is 2.70. The number of hydrogen-bond donors (Lipinski definition) is 2. The number of fused-ring (bicyclic) bond motifs is 1. The van der Waals surface area contributed by atoms with Crippen molar-refractivity contribution in [2.75, 3.05) is 13.7 Å². The first-order chi connectivity index (χ1) is 17.6. The molecule has 37 heavy (non-hydrogen) atoms. The van der Waals surface area contributed by atoms with Crippen LogP contribution in [0, 0.1) is 11.7 Å². The number of halogens is 1. The molecule has 3 aliphatic rings. The molecule has 1 amide bonds. The average molecular weight is 528 g/mol. The van der Waals surface area contributed by atoms with Crippen molar-refractivity contribution in [1.82, 2.24) is 15.3 Å². The lowest BCUT2D eigenvalue weighted by molar-refractivity contribution is -0.121. The van der Waals surface area contributed by atoms with Crippen LogP contribution in [-0.4, -0.2) is 57.4 Å². The Labute approximate surface area is 218 Å². The maximum Gasteiger partial charge on any atom is 0.237 e. The van der Waals surface area contributed by atoms with Gasteiger partial charge in [0.15, 0.2) is 11.0 Å². The molecule has 0 unspecified atom stereocenters. The molecular weight excluding hydrogens is 497 g/mol. The number of ketones is 1. The molecule has 0 bridgehead atoms. The Kier molecular flexibility index (Phi) is 6.70. The number of ether oxygens (including phenoxy) is 2. The van der Waals surface area contributed by atoms with E-state index in [0.29, 0.717) is 30.0 Å². The molecule has 3 N–H and O–H groups in total. The molecule has 2 saturated carbocycles. The molecule has 196 valence electrons. The number of methoxy groups -OCH3 is 1. The third-order valence-corrected chi connectivity index (χ3v) is 8.39. The van der Waals surface area contributed by atoms with E-state index in [1.54, 1.807) is 19.2 Å². The summed E-state index contributed by atoms with van der Waals surface area (Å²) in [5.74, 6) is -0.670. The molecule has 0 radical (unpaired) electrons. The molecule has 1 aromatic carbocycles. The Balaban J connectivity index is 1.33. The molecule has 0 saturated heterocycles. The summed E-state index contributed by atoms with van der Waals surface area (Å²) in [5, 5.41) is 3.33. The van der Waals surface area contributed by atoms with Gasteiger partial charge >= 0.3 is 0 Å². The van der Waals surface area contributed by atoms with Gasteiger partial charge in [-0.2, -0.15) is 0 Å². The number of carbonyl (C=O) groups excluding carboxylic acids is 2. The van der Waals surface area contributed by atoms with Crippen LogP contribution < -0.4 is 15.8 Å². The zero-order valence-corrected chi connectivity index (χ0v) is 21.8. The smallest absolute Gasteiger partial charge is 0.237 e. The number of benzene rings is 1. The molecule has 4 atom stereocenters. The minimum absolute atomic E-state index is 0.00421. The van der Waals surface area contributed by atoms with Crippen LogP contribution in [0.15, 0.2) is 35.6 Å². The number of nitrogens with one attached hydrogen (secondary N) is 1. The van der Waals surface area contributed by atoms with Crippen LogP contribution in [0.1, 0.15) is 54.7 Å². The minimum Gasteiger partial charge on any atom is -0.471 e. The van der Waals surface area contributed by atoms with Gasteiger partial charge in [-0.1, -0.05) is 17.8 Å². The lowest BCUT2D eigenvalue weighted by Crippen LogP contribution is -2.44. The summed E-state index contributed by atoms with van der Waals surface area (Å²) in [6.07, 6.45) is 5.08. The van der Waals surface area contributed by atoms with Crippen LogP contribution in [0.3, 0.4) is 0 Å². The van der Waals surface area contributed by atoms with Crippen molar-refractivity contribution in [2.45, 2.75) is 62.0 Å². The first-order valence-corrected chi connectivity index (χ1v) is 13.1. The van der Waals surface area contributed by atoms with Crippen molar-refractivity contribution in [3.8, 4) is 5.88 Å². The summed E-state index contributed by atoms with van der Waals surface area (Å²) in [4.78, 5) is 38.9. The van der Waals surface area contributed by atoms with E-state index < -0.39 is 16.1 Å². The van der Waals surface area contributed by atoms with Crippen molar-refractivity contribution in [1.29, 1.82) is 0 Å². The number of nitrogens with two attached hydrogens (primary N) is 1. The number of hydrogen-bond acceptors (Lipinski definition) is 9. The minimum atomic E-state index is -1.02. The zero-order valence-electron chi connectivity index (χ0n) is 21.0. The van der Waals surface area contributed by atoms with Gasteiger partial charge in [-0.3, -0.25) is 14.6 Å². The standard InChI is InChI=1S/C26H30FN5O4S/c1-14(13-35-3)36-22-12-29-19(11-30-22)20(33)9-15-4-7-18(27)17(8-15)25(2)21-10-26(21,37-24(28)32-25)23(34)31-16-5-6-16/h4,7-8,11-12,14,16,21H,5-6,9-10,13H2,1-3H3,(H2,28,32)(H,31,34)/t14-,21-,25+,26-/m0/s1. The van der Waals surface area contributed by atoms with Gasteiger partial charge in [0.2, 0.25) is 11.8 Å². The molecule has 2 aromatic rings. The van der Waals surface area contributed by atoms with Gasteiger partial charge < -0.3 is 20.5 Å². The van der Waals surface area contributed by atoms with E-state index in [0.717, 1.165) is 12.8 Å². The molecule has 0 spiro atoms. The topological polar surface area (TPSA) is 129 Å². The Hall–Kier alpha value is -3.05. The average Bonchev–Trinajstić information content (AvgIpc) is 3.77. The number of thioether (sulfide) groups is 1. The number of aromatic nitrogens is 2. The molecule has 2 heterocycles. The van der Waals surface area contributed by atoms with Gasteiger partial charge in [-0.15, -0.1) is 0 Å². The summed E-state index contributed by atoms with van der Waals surface area (Å²) in [7, 11) is 1.58. The molecule has 2 fully saturated rings. The van der Waals surface area contributed by atoms with E-state index in [2.05, 4.69) is 20.3 Å². The highest BCUT2D eigenvalue weighted by atomic mass is 32.2. The van der Waals surface area contributed by atoms with E-state index in [1.165, 1.54) is 30.2 Å². The fourth-order valence-corrected chi connectivity index (χ4v) is 6.33. The normalized spacial score (nSPS) is 27.0. The number of aliphatic imine (C=N–C) groups is 1. The van der Waals surface area contributed by atoms with Gasteiger partial charge in [0.25, 0.3) is 0 Å². The lowest BCUT2D eigenvalue weighted by atomic mass is 9.84. The van der Waals surface area contributed by atoms with Crippen LogP contribution >= 0.6 is 11.8 Å². The van der Waals surface area contributed by atoms with Crippen molar-refractivity contribution >= 4 is 28.6 Å². The summed E-state index contributed by atoms with van der Waals surface area (Å²) < 4.78 is 25.1. The van der Waals surface area contributed by atoms with Crippen molar-refractivity contribution in [3.63, 3.8) is 0 Å². The van der Waals surface area contributed by atoms with Gasteiger partial charge in [0.05, 0.1) is 24.5 Å². The maximum absolute atomic E-state index is 15.2. The van der Waals surface area contributed by atoms with Gasteiger partial charge in [-0.25, -0.2) is 14.4 Å². The highest BCUT2D eigenvalue weighted by molar-refractivity contribution is 8.15. The number of amidine groups is 1. The van der Waals surface area contributed by atoms with Crippen molar-refractivity contribution < 1.29 is 23.5 Å². The highest BCUT2D eigenvalue weighted by Crippen LogP contribution is 2.66. The Morgan fingerprint density at radius 3 is 2.76 bits per heavy atom. The maximum atomic E-state index is 15.2. The molecular formula is C26H30FN5O4S. The predicted octanol–water partition coefficient (Wildman–Crippen LogP) is 2.77. The number of Topliss-reactive ketones (excluding diaryl/α,β-unsaturated/α-hetero) is 1.